The highest BCUT2D eigenvalue weighted by Crippen LogP contribution is 2.59. The van der Waals surface area contributed by atoms with Crippen molar-refractivity contribution in [2.75, 3.05) is 5.32 Å². The van der Waals surface area contributed by atoms with Crippen molar-refractivity contribution in [2.45, 2.75) is 78.2 Å². The second-order valence-corrected chi connectivity index (χ2v) is 13.8. The number of aliphatic hydroxyl groups is 1. The lowest BCUT2D eigenvalue weighted by molar-refractivity contribution is -0.138. The number of ether oxygens (including phenoxy) is 1. The second kappa shape index (κ2) is 12.6. The molecule has 2 fully saturated rings. The Balaban J connectivity index is 1.23. The fraction of sp³-hybridized carbons (Fsp3) is 0.438. The molecule has 2 amide bonds. The van der Waals surface area contributed by atoms with E-state index in [9.17, 15) is 23.9 Å². The highest BCUT2D eigenvalue weighted by molar-refractivity contribution is 9.10. The summed E-state index contributed by atoms with van der Waals surface area (Å²) in [5.74, 6) is -1.80. The Morgan fingerprint density at radius 2 is 1.88 bits per heavy atom. The van der Waals surface area contributed by atoms with E-state index in [1.165, 1.54) is 23.1 Å². The Kier molecular flexibility index (Phi) is 8.76. The number of nitrogens with two attached hydrogens (primary N) is 1. The van der Waals surface area contributed by atoms with E-state index in [-0.39, 0.29) is 46.3 Å². The van der Waals surface area contributed by atoms with Gasteiger partial charge in [0.25, 0.3) is 0 Å². The molecule has 252 valence electrons. The highest BCUT2D eigenvalue weighted by atomic mass is 79.9. The topological polar surface area (TPSA) is 191 Å². The maximum atomic E-state index is 13.9. The summed E-state index contributed by atoms with van der Waals surface area (Å²) in [5, 5.41) is 18.5. The molecule has 16 heteroatoms. The van der Waals surface area contributed by atoms with Crippen LogP contribution in [0, 0.1) is 24.1 Å². The highest BCUT2D eigenvalue weighted by Gasteiger charge is 2.64. The van der Waals surface area contributed by atoms with Gasteiger partial charge in [-0.25, -0.2) is 24.1 Å². The number of aromatic nitrogens is 6. The number of hydrogen-bond acceptors (Lipinski definition) is 11. The third kappa shape index (κ3) is 6.26. The molecule has 0 bridgehead atoms. The maximum absolute atomic E-state index is 13.9. The van der Waals surface area contributed by atoms with Crippen LogP contribution in [0.1, 0.15) is 57.9 Å². The number of likely N-dealkylation sites (tertiary alicyclic amines) is 1. The van der Waals surface area contributed by atoms with E-state index in [4.69, 9.17) is 10.5 Å². The smallest absolute Gasteiger partial charge is 0.330 e. The standard InChI is InChI=1S/C32H35BrFN9O5/c1-14(2)25(35)30(47)48-31-37-10-17(11-38-31)20-7-18-22(12-36-20)42(41-26(18)16(4)44)13-24(45)43-21(8-32(5)9-23(32)43)29(46)40-28-15(3)6-19(34)27(33)39-28/h6-7,10-12,14,16,21,23,25,44H,8-9,13,35H2,1-5H3,(H,39,40,46)/t16?,21-,23?,25-,32-/m0/s1. The molecule has 1 saturated carbocycles. The Morgan fingerprint density at radius 1 is 1.17 bits per heavy atom. The largest absolute Gasteiger partial charge is 0.390 e. The number of carbonyl (C=O) groups excluding carboxylic acids is 3. The molecule has 4 aromatic rings. The number of aryl methyl sites for hydroxylation is 1. The molecule has 0 aromatic carbocycles. The third-order valence-corrected chi connectivity index (χ3v) is 9.60. The van der Waals surface area contributed by atoms with Crippen LogP contribution in [0.4, 0.5) is 10.2 Å². The number of fused-ring (bicyclic) bond motifs is 2. The molecule has 1 saturated heterocycles. The Morgan fingerprint density at radius 3 is 2.54 bits per heavy atom. The van der Waals surface area contributed by atoms with Gasteiger partial charge in [0.15, 0.2) is 5.82 Å². The Bertz CT molecular complexity index is 1940. The van der Waals surface area contributed by atoms with Gasteiger partial charge < -0.3 is 25.8 Å². The van der Waals surface area contributed by atoms with E-state index >= 15 is 0 Å². The minimum Gasteiger partial charge on any atom is -0.390 e. The zero-order valence-electron chi connectivity index (χ0n) is 26.9. The van der Waals surface area contributed by atoms with Gasteiger partial charge in [-0.05, 0) is 71.6 Å². The van der Waals surface area contributed by atoms with Crippen molar-refractivity contribution in [1.82, 2.24) is 34.6 Å². The van der Waals surface area contributed by atoms with Crippen molar-refractivity contribution in [3.8, 4) is 17.3 Å². The predicted octanol–water partition coefficient (Wildman–Crippen LogP) is 3.45. The van der Waals surface area contributed by atoms with Crippen LogP contribution in [0.5, 0.6) is 6.01 Å². The number of amides is 2. The molecular weight excluding hydrogens is 689 g/mol. The minimum absolute atomic E-state index is 0.0221. The van der Waals surface area contributed by atoms with Crippen LogP contribution in [-0.4, -0.2) is 75.6 Å². The van der Waals surface area contributed by atoms with Crippen LogP contribution in [-0.2, 0) is 20.9 Å². The number of nitrogens with one attached hydrogen (secondary N) is 1. The van der Waals surface area contributed by atoms with Gasteiger partial charge in [0.1, 0.15) is 29.0 Å². The average molecular weight is 725 g/mol. The van der Waals surface area contributed by atoms with Gasteiger partial charge in [0.2, 0.25) is 11.8 Å². The first-order valence-corrected chi connectivity index (χ1v) is 16.2. The number of halogens is 2. The lowest BCUT2D eigenvalue weighted by Crippen LogP contribution is -2.47. The van der Waals surface area contributed by atoms with Crippen LogP contribution < -0.4 is 15.8 Å². The van der Waals surface area contributed by atoms with Crippen molar-refractivity contribution in [3.63, 3.8) is 0 Å². The quantitative estimate of drug-likeness (QED) is 0.169. The monoisotopic (exact) mass is 723 g/mol. The predicted molar refractivity (Wildman–Crippen MR) is 175 cm³/mol. The van der Waals surface area contributed by atoms with Crippen molar-refractivity contribution in [3.05, 3.63) is 52.4 Å². The molecule has 2 aliphatic rings. The molecule has 6 rings (SSSR count). The van der Waals surface area contributed by atoms with Gasteiger partial charge in [0.05, 0.1) is 29.2 Å². The van der Waals surface area contributed by atoms with Crippen LogP contribution in [0.25, 0.3) is 22.2 Å². The van der Waals surface area contributed by atoms with Gasteiger partial charge in [-0.2, -0.15) is 5.10 Å². The Labute approximate surface area is 283 Å². The molecule has 0 radical (unpaired) electrons. The first-order chi connectivity index (χ1) is 22.7. The molecule has 48 heavy (non-hydrogen) atoms. The fourth-order valence-corrected chi connectivity index (χ4v) is 6.36. The van der Waals surface area contributed by atoms with Crippen LogP contribution in [0.3, 0.4) is 0 Å². The fourth-order valence-electron chi connectivity index (χ4n) is 6.07. The zero-order valence-corrected chi connectivity index (χ0v) is 28.5. The van der Waals surface area contributed by atoms with E-state index in [0.717, 1.165) is 6.42 Å². The Hall–Kier alpha value is -4.41. The molecule has 4 aromatic heterocycles. The van der Waals surface area contributed by atoms with Crippen molar-refractivity contribution in [1.29, 1.82) is 0 Å². The summed E-state index contributed by atoms with van der Waals surface area (Å²) in [6, 6.07) is 1.17. The molecule has 14 nitrogen and oxygen atoms in total. The van der Waals surface area contributed by atoms with Gasteiger partial charge in [-0.15, -0.1) is 0 Å². The van der Waals surface area contributed by atoms with Crippen LogP contribution in [0.2, 0.25) is 0 Å². The zero-order chi connectivity index (χ0) is 34.7. The number of aliphatic hydroxyl groups excluding tert-OH is 1. The van der Waals surface area contributed by atoms with E-state index in [1.54, 1.807) is 44.9 Å². The summed E-state index contributed by atoms with van der Waals surface area (Å²) in [4.78, 5) is 58.0. The van der Waals surface area contributed by atoms with Crippen molar-refractivity contribution >= 4 is 50.4 Å². The molecule has 5 atom stereocenters. The summed E-state index contributed by atoms with van der Waals surface area (Å²) in [5.41, 5.74) is 7.93. The van der Waals surface area contributed by atoms with Gasteiger partial charge >= 0.3 is 12.0 Å². The third-order valence-electron chi connectivity index (χ3n) is 9.04. The maximum Gasteiger partial charge on any atom is 0.330 e. The molecule has 0 spiro atoms. The molecule has 1 aliphatic carbocycles. The first-order valence-electron chi connectivity index (χ1n) is 15.5. The molecule has 4 N–H and O–H groups in total. The first kappa shape index (κ1) is 33.5. The second-order valence-electron chi connectivity index (χ2n) is 13.1. The number of piperidine rings is 1. The number of anilines is 1. The SMILES string of the molecule is Cc1cc(F)c(Br)nc1NC(=O)[C@@H]1C[C@@]2(C)CC2N1C(=O)Cn1nc(C(C)O)c2cc(-c3cnc(OC(=O)[C@@H](N)C(C)C)nc3)ncc21. The van der Waals surface area contributed by atoms with E-state index in [1.807, 2.05) is 6.92 Å². The molecular formula is C32H35BrFN9O5. The molecule has 5 heterocycles. The summed E-state index contributed by atoms with van der Waals surface area (Å²) in [6.07, 6.45) is 4.73. The van der Waals surface area contributed by atoms with E-state index in [2.05, 4.69) is 46.3 Å². The normalized spacial score (nSPS) is 21.2. The minimum atomic E-state index is -0.967. The summed E-state index contributed by atoms with van der Waals surface area (Å²) in [7, 11) is 0. The van der Waals surface area contributed by atoms with Crippen molar-refractivity contribution < 1.29 is 28.6 Å². The summed E-state index contributed by atoms with van der Waals surface area (Å²) in [6.45, 7) is 8.67. The number of carbonyl (C=O) groups is 3. The number of rotatable bonds is 9. The van der Waals surface area contributed by atoms with Gasteiger partial charge in [0, 0.05) is 29.4 Å². The molecule has 1 aliphatic heterocycles. The summed E-state index contributed by atoms with van der Waals surface area (Å²) >= 11 is 3.06. The van der Waals surface area contributed by atoms with E-state index in [0.29, 0.717) is 39.8 Å². The average Bonchev–Trinajstić information content (AvgIpc) is 3.40. The van der Waals surface area contributed by atoms with Crippen LogP contribution in [0.15, 0.2) is 35.3 Å². The number of pyridine rings is 2. The molecule has 2 unspecified atom stereocenters. The van der Waals surface area contributed by atoms with Crippen LogP contribution >= 0.6 is 15.9 Å². The van der Waals surface area contributed by atoms with Gasteiger partial charge in [-0.1, -0.05) is 20.8 Å². The number of nitrogens with zero attached hydrogens (tertiary/aromatic N) is 7. The van der Waals surface area contributed by atoms with Crippen molar-refractivity contribution in [2.24, 2.45) is 17.1 Å². The lowest BCUT2D eigenvalue weighted by Gasteiger charge is -2.27. The summed E-state index contributed by atoms with van der Waals surface area (Å²) < 4.78 is 20.6. The number of esters is 1. The lowest BCUT2D eigenvalue weighted by atomic mass is 10.0. The number of hydrogen-bond donors (Lipinski definition) is 3. The van der Waals surface area contributed by atoms with Gasteiger partial charge in [-0.3, -0.25) is 19.3 Å². The van der Waals surface area contributed by atoms with E-state index < -0.39 is 35.9 Å².